The first-order valence-corrected chi connectivity index (χ1v) is 6.36. The maximum Gasteiger partial charge on any atom is 0.137 e. The van der Waals surface area contributed by atoms with Gasteiger partial charge in [0, 0.05) is 13.1 Å². The van der Waals surface area contributed by atoms with Crippen LogP contribution in [-0.4, -0.2) is 19.8 Å². The van der Waals surface area contributed by atoms with E-state index in [9.17, 15) is 4.39 Å². The molecule has 0 unspecified atom stereocenters. The molecule has 2 nitrogen and oxygen atoms in total. The summed E-state index contributed by atoms with van der Waals surface area (Å²) in [7, 11) is 0. The predicted molar refractivity (Wildman–Crippen MR) is 71.4 cm³/mol. The fourth-order valence-electron chi connectivity index (χ4n) is 1.30. The van der Waals surface area contributed by atoms with Gasteiger partial charge in [-0.1, -0.05) is 12.1 Å². The molecule has 1 aromatic rings. The zero-order valence-electron chi connectivity index (χ0n) is 9.72. The zero-order chi connectivity index (χ0) is 12.5. The zero-order valence-corrected chi connectivity index (χ0v) is 11.3. The molecule has 0 aromatic heterocycles. The first-order valence-electron chi connectivity index (χ1n) is 5.57. The Balaban J connectivity index is 2.13. The monoisotopic (exact) mass is 301 g/mol. The molecular formula is C13H17BrFNO. The number of hydrogen-bond donors (Lipinski definition) is 1. The van der Waals surface area contributed by atoms with Crippen LogP contribution in [0, 0.1) is 5.82 Å². The van der Waals surface area contributed by atoms with Crippen LogP contribution in [0.5, 0.6) is 0 Å². The van der Waals surface area contributed by atoms with Crippen LogP contribution < -0.4 is 5.32 Å². The molecule has 0 aliphatic carbocycles. The molecule has 0 bridgehead atoms. The average Bonchev–Trinajstić information content (AvgIpc) is 2.32. The summed E-state index contributed by atoms with van der Waals surface area (Å²) in [5.74, 6) is -0.235. The first-order chi connectivity index (χ1) is 8.24. The third kappa shape index (κ3) is 5.96. The Morgan fingerprint density at radius 1 is 1.41 bits per heavy atom. The second-order valence-electron chi connectivity index (χ2n) is 3.61. The van der Waals surface area contributed by atoms with Crippen molar-refractivity contribution >= 4 is 15.9 Å². The van der Waals surface area contributed by atoms with Gasteiger partial charge in [-0.25, -0.2) is 4.39 Å². The highest BCUT2D eigenvalue weighted by molar-refractivity contribution is 9.10. The maximum atomic E-state index is 13.0. The summed E-state index contributed by atoms with van der Waals surface area (Å²) >= 11 is 3.16. The van der Waals surface area contributed by atoms with Gasteiger partial charge in [0.05, 0.1) is 17.7 Å². The Bertz CT molecular complexity index is 357. The third-order valence-electron chi connectivity index (χ3n) is 2.20. The van der Waals surface area contributed by atoms with Gasteiger partial charge in [0.25, 0.3) is 0 Å². The molecule has 0 aliphatic heterocycles. The van der Waals surface area contributed by atoms with Crippen molar-refractivity contribution in [1.29, 1.82) is 0 Å². The first kappa shape index (κ1) is 14.4. The molecule has 0 fully saturated rings. The van der Waals surface area contributed by atoms with Crippen LogP contribution in [0.3, 0.4) is 0 Å². The van der Waals surface area contributed by atoms with Gasteiger partial charge in [0.15, 0.2) is 0 Å². The number of ether oxygens (including phenoxy) is 1. The van der Waals surface area contributed by atoms with Gasteiger partial charge in [-0.3, -0.25) is 0 Å². The lowest BCUT2D eigenvalue weighted by Crippen LogP contribution is -2.19. The van der Waals surface area contributed by atoms with E-state index in [0.717, 1.165) is 18.5 Å². The highest BCUT2D eigenvalue weighted by Gasteiger charge is 1.99. The number of benzene rings is 1. The Morgan fingerprint density at radius 2 is 2.24 bits per heavy atom. The van der Waals surface area contributed by atoms with Crippen LogP contribution in [0.1, 0.15) is 12.0 Å². The van der Waals surface area contributed by atoms with E-state index >= 15 is 0 Å². The van der Waals surface area contributed by atoms with Gasteiger partial charge in [-0.2, -0.15) is 0 Å². The van der Waals surface area contributed by atoms with Crippen molar-refractivity contribution in [2.45, 2.75) is 13.0 Å². The van der Waals surface area contributed by atoms with E-state index in [2.05, 4.69) is 27.8 Å². The highest BCUT2D eigenvalue weighted by Crippen LogP contribution is 2.16. The van der Waals surface area contributed by atoms with E-state index in [-0.39, 0.29) is 5.82 Å². The molecule has 0 heterocycles. The van der Waals surface area contributed by atoms with Crippen LogP contribution >= 0.6 is 15.9 Å². The van der Waals surface area contributed by atoms with E-state index in [1.54, 1.807) is 12.1 Å². The average molecular weight is 302 g/mol. The van der Waals surface area contributed by atoms with Gasteiger partial charge in [-0.15, -0.1) is 6.58 Å². The van der Waals surface area contributed by atoms with Gasteiger partial charge < -0.3 is 10.1 Å². The lowest BCUT2D eigenvalue weighted by Gasteiger charge is -2.06. The summed E-state index contributed by atoms with van der Waals surface area (Å²) in [4.78, 5) is 0. The summed E-state index contributed by atoms with van der Waals surface area (Å²) in [6, 6.07) is 5.01. The smallest absolute Gasteiger partial charge is 0.137 e. The lowest BCUT2D eigenvalue weighted by atomic mass is 10.2. The molecule has 94 valence electrons. The molecule has 1 aromatic carbocycles. The van der Waals surface area contributed by atoms with Crippen molar-refractivity contribution in [3.8, 4) is 0 Å². The number of hydrogen-bond acceptors (Lipinski definition) is 2. The number of nitrogens with one attached hydrogen (secondary N) is 1. The SMILES string of the molecule is C=CCCOCCNCc1ccc(F)c(Br)c1. The molecule has 0 saturated carbocycles. The fourth-order valence-corrected chi connectivity index (χ4v) is 1.72. The van der Waals surface area contributed by atoms with Crippen molar-refractivity contribution in [3.05, 3.63) is 46.7 Å². The molecule has 1 rings (SSSR count). The number of halogens is 2. The summed E-state index contributed by atoms with van der Waals surface area (Å²) in [6.45, 7) is 6.51. The summed E-state index contributed by atoms with van der Waals surface area (Å²) in [5.41, 5.74) is 1.05. The van der Waals surface area contributed by atoms with Crippen molar-refractivity contribution in [1.82, 2.24) is 5.32 Å². The Kier molecular flexibility index (Phi) is 7.08. The van der Waals surface area contributed by atoms with E-state index in [0.29, 0.717) is 24.2 Å². The minimum Gasteiger partial charge on any atom is -0.380 e. The van der Waals surface area contributed by atoms with Gasteiger partial charge in [0.2, 0.25) is 0 Å². The van der Waals surface area contributed by atoms with E-state index in [4.69, 9.17) is 4.74 Å². The second-order valence-corrected chi connectivity index (χ2v) is 4.47. The van der Waals surface area contributed by atoms with E-state index < -0.39 is 0 Å². The molecule has 0 aliphatic rings. The quantitative estimate of drug-likeness (QED) is 0.588. The Hall–Kier alpha value is -0.710. The summed E-state index contributed by atoms with van der Waals surface area (Å²) in [5, 5.41) is 3.23. The summed E-state index contributed by atoms with van der Waals surface area (Å²) < 4.78 is 18.8. The second kappa shape index (κ2) is 8.39. The van der Waals surface area contributed by atoms with E-state index in [1.165, 1.54) is 6.07 Å². The van der Waals surface area contributed by atoms with Crippen LogP contribution in [0.2, 0.25) is 0 Å². The molecule has 0 radical (unpaired) electrons. The largest absolute Gasteiger partial charge is 0.380 e. The van der Waals surface area contributed by atoms with Crippen LogP contribution in [0.4, 0.5) is 4.39 Å². The van der Waals surface area contributed by atoms with Crippen LogP contribution in [0.15, 0.2) is 35.3 Å². The van der Waals surface area contributed by atoms with Gasteiger partial charge in [0.1, 0.15) is 5.82 Å². The molecule has 0 spiro atoms. The molecule has 4 heteroatoms. The van der Waals surface area contributed by atoms with Crippen LogP contribution in [-0.2, 0) is 11.3 Å². The Morgan fingerprint density at radius 3 is 2.94 bits per heavy atom. The topological polar surface area (TPSA) is 21.3 Å². The predicted octanol–water partition coefficient (Wildman–Crippen LogP) is 3.27. The van der Waals surface area contributed by atoms with Crippen molar-refractivity contribution in [3.63, 3.8) is 0 Å². The molecule has 0 amide bonds. The van der Waals surface area contributed by atoms with Crippen LogP contribution in [0.25, 0.3) is 0 Å². The molecule has 0 saturated heterocycles. The van der Waals surface area contributed by atoms with E-state index in [1.807, 2.05) is 6.08 Å². The standard InChI is InChI=1S/C13H17BrFNO/c1-2-3-7-17-8-6-16-10-11-4-5-13(15)12(14)9-11/h2,4-5,9,16H,1,3,6-8,10H2. The third-order valence-corrected chi connectivity index (χ3v) is 2.81. The van der Waals surface area contributed by atoms with Crippen molar-refractivity contribution in [2.75, 3.05) is 19.8 Å². The Labute approximate surface area is 110 Å². The van der Waals surface area contributed by atoms with Crippen molar-refractivity contribution < 1.29 is 9.13 Å². The molecule has 17 heavy (non-hydrogen) atoms. The molecule has 1 N–H and O–H groups in total. The summed E-state index contributed by atoms with van der Waals surface area (Å²) in [6.07, 6.45) is 2.72. The normalized spacial score (nSPS) is 10.5. The minimum absolute atomic E-state index is 0.235. The fraction of sp³-hybridized carbons (Fsp3) is 0.385. The number of rotatable bonds is 8. The lowest BCUT2D eigenvalue weighted by molar-refractivity contribution is 0.140. The van der Waals surface area contributed by atoms with Gasteiger partial charge in [-0.05, 0) is 40.0 Å². The highest BCUT2D eigenvalue weighted by atomic mass is 79.9. The van der Waals surface area contributed by atoms with Crippen molar-refractivity contribution in [2.24, 2.45) is 0 Å². The van der Waals surface area contributed by atoms with Gasteiger partial charge >= 0.3 is 0 Å². The minimum atomic E-state index is -0.235. The molecule has 0 atom stereocenters. The maximum absolute atomic E-state index is 13.0. The molecular weight excluding hydrogens is 285 g/mol.